The Balaban J connectivity index is 2.20. The summed E-state index contributed by atoms with van der Waals surface area (Å²) in [5.41, 5.74) is 1.89. The van der Waals surface area contributed by atoms with E-state index in [1.54, 1.807) is 0 Å². The summed E-state index contributed by atoms with van der Waals surface area (Å²) >= 11 is 0. The van der Waals surface area contributed by atoms with Crippen LogP contribution in [0, 0.1) is 6.92 Å². The minimum absolute atomic E-state index is 0.136. The second-order valence-electron chi connectivity index (χ2n) is 4.57. The van der Waals surface area contributed by atoms with Gasteiger partial charge in [0.05, 0.1) is 12.3 Å². The van der Waals surface area contributed by atoms with E-state index >= 15 is 0 Å². The normalized spacial score (nSPS) is 11.3. The number of benzene rings is 1. The molecule has 1 aromatic carbocycles. The van der Waals surface area contributed by atoms with Crippen molar-refractivity contribution in [2.75, 3.05) is 30.4 Å². The van der Waals surface area contributed by atoms with Crippen molar-refractivity contribution < 1.29 is 13.2 Å². The molecule has 0 saturated carbocycles. The van der Waals surface area contributed by atoms with Crippen molar-refractivity contribution in [1.82, 2.24) is 5.32 Å². The fourth-order valence-corrected chi connectivity index (χ4v) is 2.17. The van der Waals surface area contributed by atoms with Crippen molar-refractivity contribution in [2.45, 2.75) is 13.3 Å². The Hall–Kier alpha value is -1.40. The van der Waals surface area contributed by atoms with E-state index in [1.807, 2.05) is 31.2 Å². The highest BCUT2D eigenvalue weighted by Crippen LogP contribution is 2.07. The summed E-state index contributed by atoms with van der Waals surface area (Å²) in [5.74, 6) is 0.00256. The van der Waals surface area contributed by atoms with Crippen molar-refractivity contribution in [3.8, 4) is 0 Å². The zero-order valence-electron chi connectivity index (χ0n) is 11.3. The van der Waals surface area contributed by atoms with Crippen molar-refractivity contribution in [1.29, 1.82) is 0 Å². The van der Waals surface area contributed by atoms with Crippen molar-refractivity contribution >= 4 is 21.4 Å². The molecule has 0 fully saturated rings. The molecule has 0 saturated heterocycles. The molecule has 0 heterocycles. The first kappa shape index (κ1) is 15.7. The van der Waals surface area contributed by atoms with E-state index in [1.165, 1.54) is 6.26 Å². The lowest BCUT2D eigenvalue weighted by Crippen LogP contribution is -2.29. The quantitative estimate of drug-likeness (QED) is 0.731. The Morgan fingerprint density at radius 1 is 1.21 bits per heavy atom. The SMILES string of the molecule is Cc1ccc(NC(=O)CNCCCS(C)(=O)=O)cc1. The van der Waals surface area contributed by atoms with Crippen LogP contribution in [0.4, 0.5) is 5.69 Å². The van der Waals surface area contributed by atoms with Gasteiger partial charge >= 0.3 is 0 Å². The number of anilines is 1. The molecule has 0 aromatic heterocycles. The van der Waals surface area contributed by atoms with E-state index in [4.69, 9.17) is 0 Å². The molecule has 19 heavy (non-hydrogen) atoms. The maximum atomic E-state index is 11.6. The Kier molecular flexibility index (Phi) is 5.98. The van der Waals surface area contributed by atoms with Gasteiger partial charge in [-0.05, 0) is 32.0 Å². The first-order chi connectivity index (χ1) is 8.87. The molecule has 1 rings (SSSR count). The third-order valence-corrected chi connectivity index (χ3v) is 3.52. The molecule has 0 aliphatic heterocycles. The number of hydrogen-bond donors (Lipinski definition) is 2. The number of hydrogen-bond acceptors (Lipinski definition) is 4. The van der Waals surface area contributed by atoms with E-state index in [0.29, 0.717) is 13.0 Å². The van der Waals surface area contributed by atoms with Gasteiger partial charge in [-0.2, -0.15) is 0 Å². The Bertz CT molecular complexity index is 509. The van der Waals surface area contributed by atoms with Gasteiger partial charge in [0.15, 0.2) is 0 Å². The predicted molar refractivity (Wildman–Crippen MR) is 77.0 cm³/mol. The van der Waals surface area contributed by atoms with Crippen LogP contribution in [0.1, 0.15) is 12.0 Å². The average molecular weight is 284 g/mol. The van der Waals surface area contributed by atoms with E-state index in [0.717, 1.165) is 11.3 Å². The molecule has 0 bridgehead atoms. The molecule has 6 heteroatoms. The van der Waals surface area contributed by atoms with Gasteiger partial charge in [0, 0.05) is 11.9 Å². The van der Waals surface area contributed by atoms with Gasteiger partial charge in [0.1, 0.15) is 9.84 Å². The topological polar surface area (TPSA) is 75.3 Å². The Morgan fingerprint density at radius 2 is 1.84 bits per heavy atom. The lowest BCUT2D eigenvalue weighted by atomic mass is 10.2. The van der Waals surface area contributed by atoms with Gasteiger partial charge < -0.3 is 10.6 Å². The van der Waals surface area contributed by atoms with Crippen molar-refractivity contribution in [3.05, 3.63) is 29.8 Å². The molecule has 1 amide bonds. The number of carbonyl (C=O) groups excluding carboxylic acids is 1. The van der Waals surface area contributed by atoms with Gasteiger partial charge in [-0.15, -0.1) is 0 Å². The number of carbonyl (C=O) groups is 1. The monoisotopic (exact) mass is 284 g/mol. The summed E-state index contributed by atoms with van der Waals surface area (Å²) in [6.07, 6.45) is 1.72. The van der Waals surface area contributed by atoms with Crippen LogP contribution in [0.3, 0.4) is 0 Å². The second-order valence-corrected chi connectivity index (χ2v) is 6.83. The number of rotatable bonds is 7. The highest BCUT2D eigenvalue weighted by molar-refractivity contribution is 7.90. The zero-order valence-corrected chi connectivity index (χ0v) is 12.1. The maximum Gasteiger partial charge on any atom is 0.238 e. The van der Waals surface area contributed by atoms with Crippen LogP contribution >= 0.6 is 0 Å². The largest absolute Gasteiger partial charge is 0.325 e. The molecule has 0 aliphatic carbocycles. The van der Waals surface area contributed by atoms with Crippen LogP contribution in [-0.4, -0.2) is 39.4 Å². The smallest absolute Gasteiger partial charge is 0.238 e. The molecule has 0 aliphatic rings. The lowest BCUT2D eigenvalue weighted by Gasteiger charge is -2.06. The summed E-state index contributed by atoms with van der Waals surface area (Å²) < 4.78 is 21.8. The van der Waals surface area contributed by atoms with Crippen LogP contribution < -0.4 is 10.6 Å². The number of amides is 1. The number of sulfone groups is 1. The molecule has 2 N–H and O–H groups in total. The molecule has 0 radical (unpaired) electrons. The highest BCUT2D eigenvalue weighted by atomic mass is 32.2. The van der Waals surface area contributed by atoms with Gasteiger partial charge in [-0.1, -0.05) is 17.7 Å². The third-order valence-electron chi connectivity index (χ3n) is 2.49. The van der Waals surface area contributed by atoms with Gasteiger partial charge in [0.25, 0.3) is 0 Å². The summed E-state index contributed by atoms with van der Waals surface area (Å²) in [4.78, 5) is 11.6. The summed E-state index contributed by atoms with van der Waals surface area (Å²) in [7, 11) is -2.92. The third kappa shape index (κ3) is 7.58. The molecule has 0 atom stereocenters. The maximum absolute atomic E-state index is 11.6. The van der Waals surface area contributed by atoms with E-state index < -0.39 is 9.84 Å². The van der Waals surface area contributed by atoms with Gasteiger partial charge in [0.2, 0.25) is 5.91 Å². The lowest BCUT2D eigenvalue weighted by molar-refractivity contribution is -0.115. The molecular weight excluding hydrogens is 264 g/mol. The van der Waals surface area contributed by atoms with Crippen LogP contribution in [0.5, 0.6) is 0 Å². The standard InChI is InChI=1S/C13H20N2O3S/c1-11-4-6-12(7-5-11)15-13(16)10-14-8-3-9-19(2,17)18/h4-7,14H,3,8-10H2,1-2H3,(H,15,16). The van der Waals surface area contributed by atoms with Gasteiger partial charge in [-0.3, -0.25) is 4.79 Å². The highest BCUT2D eigenvalue weighted by Gasteiger charge is 2.03. The first-order valence-corrected chi connectivity index (χ1v) is 8.18. The average Bonchev–Trinajstić information content (AvgIpc) is 2.30. The van der Waals surface area contributed by atoms with Crippen LogP contribution in [-0.2, 0) is 14.6 Å². The zero-order chi connectivity index (χ0) is 14.3. The molecule has 0 spiro atoms. The van der Waals surface area contributed by atoms with E-state index in [9.17, 15) is 13.2 Å². The minimum Gasteiger partial charge on any atom is -0.325 e. The Morgan fingerprint density at radius 3 is 2.42 bits per heavy atom. The fraction of sp³-hybridized carbons (Fsp3) is 0.462. The van der Waals surface area contributed by atoms with Crippen LogP contribution in [0.15, 0.2) is 24.3 Å². The molecular formula is C13H20N2O3S. The summed E-state index contributed by atoms with van der Waals surface area (Å²) in [5, 5.41) is 5.67. The van der Waals surface area contributed by atoms with Crippen molar-refractivity contribution in [3.63, 3.8) is 0 Å². The minimum atomic E-state index is -2.92. The Labute approximate surface area is 114 Å². The molecule has 5 nitrogen and oxygen atoms in total. The predicted octanol–water partition coefficient (Wildman–Crippen LogP) is 0.958. The van der Waals surface area contributed by atoms with E-state index in [2.05, 4.69) is 10.6 Å². The second kappa shape index (κ2) is 7.25. The first-order valence-electron chi connectivity index (χ1n) is 6.12. The summed E-state index contributed by atoms with van der Waals surface area (Å²) in [6, 6.07) is 7.54. The van der Waals surface area contributed by atoms with Gasteiger partial charge in [-0.25, -0.2) is 8.42 Å². The van der Waals surface area contributed by atoms with Crippen LogP contribution in [0.2, 0.25) is 0 Å². The number of aryl methyl sites for hydroxylation is 1. The van der Waals surface area contributed by atoms with Crippen LogP contribution in [0.25, 0.3) is 0 Å². The molecule has 1 aromatic rings. The molecule has 106 valence electrons. The number of nitrogens with one attached hydrogen (secondary N) is 2. The fourth-order valence-electron chi connectivity index (χ4n) is 1.50. The van der Waals surface area contributed by atoms with E-state index in [-0.39, 0.29) is 18.2 Å². The summed E-state index contributed by atoms with van der Waals surface area (Å²) in [6.45, 7) is 2.67. The molecule has 0 unspecified atom stereocenters. The van der Waals surface area contributed by atoms with Crippen molar-refractivity contribution in [2.24, 2.45) is 0 Å².